The number of aromatic nitrogens is 2. The summed E-state index contributed by atoms with van der Waals surface area (Å²) in [5.41, 5.74) is 2.15. The van der Waals surface area contributed by atoms with Crippen LogP contribution < -0.4 is 10.6 Å². The van der Waals surface area contributed by atoms with Crippen molar-refractivity contribution in [3.8, 4) is 0 Å². The van der Waals surface area contributed by atoms with Gasteiger partial charge in [-0.25, -0.2) is 0 Å². The zero-order valence-electron chi connectivity index (χ0n) is 12.5. The topological polar surface area (TPSA) is 66.9 Å². The van der Waals surface area contributed by atoms with Crippen LogP contribution in [0.1, 0.15) is 12.5 Å². The molecule has 2 N–H and O–H groups in total. The Balaban J connectivity index is 1.93. The standard InChI is InChI=1S/C15H18N4OS2/c1-4-8-16-13(20)11(3)21-15-19-18-14(22-15)17-12-7-5-6-10(2)9-12/h4-7,9,11H,1,8H2,2-3H3,(H,16,20)(H,17,18)/t11-/m0/s1. The fourth-order valence-corrected chi connectivity index (χ4v) is 3.62. The van der Waals surface area contributed by atoms with Crippen LogP contribution in [0.2, 0.25) is 0 Å². The van der Waals surface area contributed by atoms with Crippen LogP contribution in [0.3, 0.4) is 0 Å². The second kappa shape index (κ2) is 7.95. The van der Waals surface area contributed by atoms with E-state index in [2.05, 4.69) is 27.4 Å². The summed E-state index contributed by atoms with van der Waals surface area (Å²) in [6, 6.07) is 8.04. The van der Waals surface area contributed by atoms with Crippen molar-refractivity contribution in [3.63, 3.8) is 0 Å². The van der Waals surface area contributed by atoms with E-state index >= 15 is 0 Å². The van der Waals surface area contributed by atoms with Gasteiger partial charge >= 0.3 is 0 Å². The number of benzene rings is 1. The van der Waals surface area contributed by atoms with Crippen molar-refractivity contribution in [1.29, 1.82) is 0 Å². The summed E-state index contributed by atoms with van der Waals surface area (Å²) in [5, 5.41) is 14.7. The summed E-state index contributed by atoms with van der Waals surface area (Å²) in [6.45, 7) is 7.93. The van der Waals surface area contributed by atoms with Gasteiger partial charge in [-0.05, 0) is 31.5 Å². The average Bonchev–Trinajstić information content (AvgIpc) is 2.91. The van der Waals surface area contributed by atoms with Gasteiger partial charge in [0.1, 0.15) is 0 Å². The fraction of sp³-hybridized carbons (Fsp3) is 0.267. The van der Waals surface area contributed by atoms with Gasteiger partial charge in [0.25, 0.3) is 0 Å². The lowest BCUT2D eigenvalue weighted by atomic mass is 10.2. The van der Waals surface area contributed by atoms with Crippen LogP contribution in [0, 0.1) is 6.92 Å². The highest BCUT2D eigenvalue weighted by Crippen LogP contribution is 2.30. The molecular formula is C15H18N4OS2. The minimum absolute atomic E-state index is 0.0340. The second-order valence-electron chi connectivity index (χ2n) is 4.66. The quantitative estimate of drug-likeness (QED) is 0.600. The first-order valence-corrected chi connectivity index (χ1v) is 8.50. The van der Waals surface area contributed by atoms with E-state index in [0.717, 1.165) is 10.0 Å². The van der Waals surface area contributed by atoms with Gasteiger partial charge in [-0.2, -0.15) is 0 Å². The maximum absolute atomic E-state index is 11.8. The molecule has 0 saturated heterocycles. The molecule has 1 atom stereocenters. The van der Waals surface area contributed by atoms with Crippen molar-refractivity contribution in [3.05, 3.63) is 42.5 Å². The number of hydrogen-bond acceptors (Lipinski definition) is 6. The number of hydrogen-bond donors (Lipinski definition) is 2. The summed E-state index contributed by atoms with van der Waals surface area (Å²) < 4.78 is 0.761. The summed E-state index contributed by atoms with van der Waals surface area (Å²) in [6.07, 6.45) is 1.66. The summed E-state index contributed by atoms with van der Waals surface area (Å²) >= 11 is 2.83. The molecule has 0 unspecified atom stereocenters. The molecule has 1 aromatic heterocycles. The highest BCUT2D eigenvalue weighted by atomic mass is 32.2. The van der Waals surface area contributed by atoms with Crippen LogP contribution in [-0.4, -0.2) is 27.9 Å². The lowest BCUT2D eigenvalue weighted by molar-refractivity contribution is -0.120. The normalized spacial score (nSPS) is 11.7. The number of nitrogens with one attached hydrogen (secondary N) is 2. The Morgan fingerprint density at radius 1 is 1.50 bits per heavy atom. The Morgan fingerprint density at radius 3 is 3.05 bits per heavy atom. The molecule has 0 aliphatic heterocycles. The highest BCUT2D eigenvalue weighted by molar-refractivity contribution is 8.02. The number of carbonyl (C=O) groups is 1. The van der Waals surface area contributed by atoms with Gasteiger partial charge in [-0.15, -0.1) is 16.8 Å². The Kier molecular flexibility index (Phi) is 5.97. The molecule has 0 aliphatic carbocycles. The molecule has 2 aromatic rings. The molecule has 7 heteroatoms. The smallest absolute Gasteiger partial charge is 0.233 e. The van der Waals surface area contributed by atoms with Crippen molar-refractivity contribution in [2.75, 3.05) is 11.9 Å². The highest BCUT2D eigenvalue weighted by Gasteiger charge is 2.16. The monoisotopic (exact) mass is 334 g/mol. The number of nitrogens with zero attached hydrogens (tertiary/aromatic N) is 2. The van der Waals surface area contributed by atoms with Crippen LogP contribution in [0.25, 0.3) is 0 Å². The van der Waals surface area contributed by atoms with Crippen molar-refractivity contribution in [2.45, 2.75) is 23.4 Å². The first-order valence-electron chi connectivity index (χ1n) is 6.81. The maximum atomic E-state index is 11.8. The SMILES string of the molecule is C=CCNC(=O)[C@H](C)Sc1nnc(Nc2cccc(C)c2)s1. The van der Waals surface area contributed by atoms with Gasteiger partial charge in [0.05, 0.1) is 5.25 Å². The molecule has 0 radical (unpaired) electrons. The van der Waals surface area contributed by atoms with Crippen LogP contribution in [0.15, 0.2) is 41.3 Å². The van der Waals surface area contributed by atoms with Gasteiger partial charge in [0.15, 0.2) is 4.34 Å². The van der Waals surface area contributed by atoms with Gasteiger partial charge in [-0.1, -0.05) is 41.3 Å². The average molecular weight is 334 g/mol. The molecule has 5 nitrogen and oxygen atoms in total. The lowest BCUT2D eigenvalue weighted by Gasteiger charge is -2.08. The zero-order valence-corrected chi connectivity index (χ0v) is 14.1. The van der Waals surface area contributed by atoms with Crippen molar-refractivity contribution in [2.24, 2.45) is 0 Å². The molecule has 1 amide bonds. The van der Waals surface area contributed by atoms with Gasteiger partial charge in [-0.3, -0.25) is 4.79 Å². The molecule has 0 spiro atoms. The van der Waals surface area contributed by atoms with E-state index < -0.39 is 0 Å². The number of carbonyl (C=O) groups excluding carboxylic acids is 1. The largest absolute Gasteiger partial charge is 0.352 e. The van der Waals surface area contributed by atoms with Crippen molar-refractivity contribution in [1.82, 2.24) is 15.5 Å². The Morgan fingerprint density at radius 2 is 2.32 bits per heavy atom. The van der Waals surface area contributed by atoms with E-state index in [1.165, 1.54) is 28.7 Å². The molecule has 1 heterocycles. The number of aryl methyl sites for hydroxylation is 1. The lowest BCUT2D eigenvalue weighted by Crippen LogP contribution is -2.30. The van der Waals surface area contributed by atoms with Crippen LogP contribution in [0.5, 0.6) is 0 Å². The van der Waals surface area contributed by atoms with Crippen molar-refractivity contribution < 1.29 is 4.79 Å². The number of amides is 1. The first kappa shape index (κ1) is 16.5. The molecule has 2 rings (SSSR count). The maximum Gasteiger partial charge on any atom is 0.233 e. The van der Waals surface area contributed by atoms with Gasteiger partial charge in [0.2, 0.25) is 11.0 Å². The van der Waals surface area contributed by atoms with Gasteiger partial charge < -0.3 is 10.6 Å². The Bertz CT molecular complexity index is 656. The van der Waals surface area contributed by atoms with Crippen LogP contribution >= 0.6 is 23.1 Å². The minimum atomic E-state index is -0.222. The molecule has 0 fully saturated rings. The Labute approximate surface area is 138 Å². The molecule has 0 aliphatic rings. The van der Waals surface area contributed by atoms with Crippen LogP contribution in [-0.2, 0) is 4.79 Å². The molecule has 22 heavy (non-hydrogen) atoms. The molecule has 116 valence electrons. The second-order valence-corrected chi connectivity index (χ2v) is 7.23. The van der Waals surface area contributed by atoms with Crippen molar-refractivity contribution >= 4 is 39.8 Å². The minimum Gasteiger partial charge on any atom is -0.352 e. The van der Waals surface area contributed by atoms with E-state index in [9.17, 15) is 4.79 Å². The third-order valence-corrected chi connectivity index (χ3v) is 4.77. The summed E-state index contributed by atoms with van der Waals surface area (Å²) in [5.74, 6) is -0.0340. The van der Waals surface area contributed by atoms with E-state index in [-0.39, 0.29) is 11.2 Å². The number of rotatable bonds is 7. The first-order chi connectivity index (χ1) is 10.6. The number of anilines is 2. The Hall–Kier alpha value is -1.86. The molecule has 0 bridgehead atoms. The third kappa shape index (κ3) is 4.85. The van der Waals surface area contributed by atoms with E-state index in [1.807, 2.05) is 38.1 Å². The van der Waals surface area contributed by atoms with Crippen LogP contribution in [0.4, 0.5) is 10.8 Å². The van der Waals surface area contributed by atoms with E-state index in [0.29, 0.717) is 11.7 Å². The predicted octanol–water partition coefficient (Wildman–Crippen LogP) is 3.37. The fourth-order valence-electron chi connectivity index (χ4n) is 1.68. The number of thioether (sulfide) groups is 1. The summed E-state index contributed by atoms with van der Waals surface area (Å²) in [7, 11) is 0. The molecule has 0 saturated carbocycles. The summed E-state index contributed by atoms with van der Waals surface area (Å²) in [4.78, 5) is 11.8. The third-order valence-electron chi connectivity index (χ3n) is 2.74. The zero-order chi connectivity index (χ0) is 15.9. The predicted molar refractivity (Wildman–Crippen MR) is 92.9 cm³/mol. The molecular weight excluding hydrogens is 316 g/mol. The van der Waals surface area contributed by atoms with E-state index in [1.54, 1.807) is 6.08 Å². The van der Waals surface area contributed by atoms with Gasteiger partial charge in [0, 0.05) is 12.2 Å². The molecule has 1 aromatic carbocycles. The van der Waals surface area contributed by atoms with E-state index in [4.69, 9.17) is 0 Å².